The van der Waals surface area contributed by atoms with Gasteiger partial charge in [-0.25, -0.2) is 9.59 Å². The molecule has 3 aromatic heterocycles. The second-order valence-corrected chi connectivity index (χ2v) is 14.2. The Labute approximate surface area is 421 Å². The number of carbonyl (C=O) groups is 3. The van der Waals surface area contributed by atoms with Crippen LogP contribution in [0.3, 0.4) is 0 Å². The van der Waals surface area contributed by atoms with E-state index in [0.717, 1.165) is 42.6 Å². The summed E-state index contributed by atoms with van der Waals surface area (Å²) in [6.07, 6.45) is 18.1. The molecule has 0 aromatic carbocycles. The maximum Gasteiger partial charge on any atom is 0.343 e. The number of pyridine rings is 3. The summed E-state index contributed by atoms with van der Waals surface area (Å²) in [6, 6.07) is 9.87. The average Bonchev–Trinajstić information content (AvgIpc) is 3.28. The standard InChI is InChI=1S/C9H9NO4.C7H7NO2.C6H4ClNO.3C6H12.C3H5O2.CH4O.CH3.2Y/c1-13-9(12)8-3-2-4-10(5-8)6-14-7-11;1-10-7(9)6-3-2-4-8-5-6;7-6(9)5-2-1-3-8-4-5;3*1-5-3-4-6(5)2;1-2-5-3-4;1-2;;;/h2-5H,6H2,1H3;2-5H,1H3;1-4H;3*5-6H,3-4H2,1-2H3;2H2,1H3;2H,1H3;1H3;;/q;;;;;;-1;;-1;;. The molecule has 0 bridgehead atoms. The minimum atomic E-state index is -0.469. The Morgan fingerprint density at radius 1 is 0.672 bits per heavy atom. The second-order valence-electron chi connectivity index (χ2n) is 13.8. The van der Waals surface area contributed by atoms with Crippen molar-refractivity contribution in [2.75, 3.05) is 27.9 Å². The van der Waals surface area contributed by atoms with E-state index >= 15 is 0 Å². The Morgan fingerprint density at radius 3 is 1.28 bits per heavy atom. The molecule has 6 atom stereocenters. The summed E-state index contributed by atoms with van der Waals surface area (Å²) >= 11 is 5.12. The quantitative estimate of drug-likeness (QED) is 0.0752. The molecule has 6 rings (SSSR count). The van der Waals surface area contributed by atoms with Gasteiger partial charge in [-0.1, -0.05) is 93.0 Å². The van der Waals surface area contributed by atoms with Crippen molar-refractivity contribution in [3.63, 3.8) is 0 Å². The molecule has 16 heteroatoms. The van der Waals surface area contributed by atoms with Gasteiger partial charge in [-0.15, -0.1) is 0 Å². The molecular formula is C45H68ClN3O10Y2-2. The van der Waals surface area contributed by atoms with Gasteiger partial charge < -0.3 is 41.1 Å². The summed E-state index contributed by atoms with van der Waals surface area (Å²) < 4.78 is 18.9. The SMILES string of the molecule is CC1CCC1C.CC1CCC1C.CC1CCC1C.CCO[C-]=O.CO.COC(=O)c1ccc[n+](CO[C-]=O)c1.COC(=O)c1cccnc1.O=C(Cl)c1cccnc1.[CH3-].[Y].[Y]. The number of nitrogens with zero attached hydrogens (tertiary/aromatic N) is 3. The molecule has 3 fully saturated rings. The topological polar surface area (TPSA) is 172 Å². The van der Waals surface area contributed by atoms with Gasteiger partial charge in [-0.3, -0.25) is 14.8 Å². The van der Waals surface area contributed by atoms with E-state index in [2.05, 4.69) is 70.5 Å². The van der Waals surface area contributed by atoms with Crippen LogP contribution in [0.25, 0.3) is 0 Å². The Balaban J connectivity index is -0.000000202. The molecule has 2 radical (unpaired) electrons. The van der Waals surface area contributed by atoms with Gasteiger partial charge >= 0.3 is 11.9 Å². The fraction of sp³-hybridized carbons (Fsp3) is 0.533. The van der Waals surface area contributed by atoms with Crippen LogP contribution in [0.15, 0.2) is 73.6 Å². The summed E-state index contributed by atoms with van der Waals surface area (Å²) in [5.41, 5.74) is 1.30. The van der Waals surface area contributed by atoms with Crippen molar-refractivity contribution in [3.05, 3.63) is 97.7 Å². The van der Waals surface area contributed by atoms with E-state index in [-0.39, 0.29) is 85.5 Å². The van der Waals surface area contributed by atoms with Crippen molar-refractivity contribution in [2.45, 2.75) is 93.7 Å². The summed E-state index contributed by atoms with van der Waals surface area (Å²) in [7, 11) is 3.64. The van der Waals surface area contributed by atoms with Gasteiger partial charge in [0.2, 0.25) is 0 Å². The van der Waals surface area contributed by atoms with Crippen molar-refractivity contribution < 1.29 is 118 Å². The summed E-state index contributed by atoms with van der Waals surface area (Å²) in [4.78, 5) is 58.5. The molecule has 3 saturated carbocycles. The minimum absolute atomic E-state index is 0. The third-order valence-corrected chi connectivity index (χ3v) is 10.1. The molecule has 6 unspecified atom stereocenters. The first-order valence-electron chi connectivity index (χ1n) is 19.3. The van der Waals surface area contributed by atoms with Crippen molar-refractivity contribution >= 4 is 41.7 Å². The summed E-state index contributed by atoms with van der Waals surface area (Å²) in [5, 5.41) is 6.53. The number of hydrogen-bond acceptors (Lipinski definition) is 12. The molecule has 3 heterocycles. The summed E-state index contributed by atoms with van der Waals surface area (Å²) in [6.45, 7) is 18.7. The largest absolute Gasteiger partial charge is 0.653 e. The Bertz CT molecular complexity index is 1470. The molecular weight excluding hydrogens is 956 g/mol. The van der Waals surface area contributed by atoms with Gasteiger partial charge in [-0.05, 0) is 84.4 Å². The Morgan fingerprint density at radius 2 is 1.03 bits per heavy atom. The van der Waals surface area contributed by atoms with Gasteiger partial charge in [0.15, 0.2) is 12.4 Å². The first kappa shape index (κ1) is 67.5. The Kier molecular flexibility index (Phi) is 48.8. The maximum atomic E-state index is 11.1. The molecule has 0 aliphatic heterocycles. The van der Waals surface area contributed by atoms with E-state index in [4.69, 9.17) is 21.5 Å². The fourth-order valence-corrected chi connectivity index (χ4v) is 4.69. The molecule has 0 saturated heterocycles. The van der Waals surface area contributed by atoms with Crippen molar-refractivity contribution in [2.24, 2.45) is 35.5 Å². The minimum Gasteiger partial charge on any atom is -0.653 e. The van der Waals surface area contributed by atoms with Crippen LogP contribution in [-0.2, 0) is 101 Å². The number of aliphatic hydroxyl groups is 1. The molecule has 3 aliphatic rings. The second kappa shape index (κ2) is 44.1. The number of carbonyl (C=O) groups excluding carboxylic acids is 5. The van der Waals surface area contributed by atoms with Gasteiger partial charge in [0.05, 0.1) is 25.3 Å². The van der Waals surface area contributed by atoms with E-state index in [0.29, 0.717) is 23.3 Å². The molecule has 3 aliphatic carbocycles. The molecule has 13 nitrogen and oxygen atoms in total. The monoisotopic (exact) mass is 1020 g/mol. The average molecular weight is 1020 g/mol. The van der Waals surface area contributed by atoms with Gasteiger partial charge in [-0.2, -0.15) is 4.57 Å². The van der Waals surface area contributed by atoms with Crippen LogP contribution in [0.1, 0.15) is 118 Å². The summed E-state index contributed by atoms with van der Waals surface area (Å²) in [5.74, 6) is 5.41. The zero-order chi connectivity index (χ0) is 44.3. The normalized spacial score (nSPS) is 18.8. The molecule has 338 valence electrons. The van der Waals surface area contributed by atoms with E-state index < -0.39 is 11.2 Å². The van der Waals surface area contributed by atoms with Crippen molar-refractivity contribution in [1.29, 1.82) is 0 Å². The number of aromatic nitrogens is 3. The van der Waals surface area contributed by atoms with E-state index in [1.165, 1.54) is 88.8 Å². The zero-order valence-corrected chi connectivity index (χ0v) is 44.5. The maximum absolute atomic E-state index is 11.1. The van der Waals surface area contributed by atoms with Gasteiger partial charge in [0.1, 0.15) is 5.56 Å². The third kappa shape index (κ3) is 33.7. The van der Waals surface area contributed by atoms with Crippen LogP contribution in [0.5, 0.6) is 0 Å². The number of methoxy groups -OCH3 is 2. The van der Waals surface area contributed by atoms with Gasteiger partial charge in [0, 0.05) is 110 Å². The van der Waals surface area contributed by atoms with Crippen molar-refractivity contribution in [1.82, 2.24) is 9.97 Å². The molecule has 0 spiro atoms. The fourth-order valence-electron chi connectivity index (χ4n) is 4.58. The number of halogens is 1. The number of aliphatic hydroxyl groups excluding tert-OH is 1. The van der Waals surface area contributed by atoms with Crippen LogP contribution in [-0.4, -0.2) is 73.1 Å². The van der Waals surface area contributed by atoms with E-state index in [9.17, 15) is 19.2 Å². The zero-order valence-electron chi connectivity index (χ0n) is 38.0. The predicted octanol–water partition coefficient (Wildman–Crippen LogP) is 8.43. The van der Waals surface area contributed by atoms with Crippen LogP contribution in [0, 0.1) is 42.9 Å². The number of rotatable bonds is 8. The number of hydrogen-bond donors (Lipinski definition) is 1. The molecule has 3 aromatic rings. The number of ether oxygens (including phenoxy) is 4. The number of esters is 2. The van der Waals surface area contributed by atoms with E-state index in [1.807, 2.05) is 0 Å². The van der Waals surface area contributed by atoms with Gasteiger partial charge in [0.25, 0.3) is 12.0 Å². The first-order chi connectivity index (χ1) is 27.7. The van der Waals surface area contributed by atoms with Crippen LogP contribution in [0.2, 0.25) is 0 Å². The molecule has 1 N–H and O–H groups in total. The molecule has 0 amide bonds. The third-order valence-electron chi connectivity index (χ3n) is 9.87. The predicted molar refractivity (Wildman–Crippen MR) is 229 cm³/mol. The first-order valence-corrected chi connectivity index (χ1v) is 19.7. The molecule has 61 heavy (non-hydrogen) atoms. The Hall–Kier alpha value is -2.54. The van der Waals surface area contributed by atoms with Crippen LogP contribution >= 0.6 is 11.6 Å². The van der Waals surface area contributed by atoms with Crippen LogP contribution < -0.4 is 4.57 Å². The smallest absolute Gasteiger partial charge is 0.343 e. The van der Waals surface area contributed by atoms with Crippen molar-refractivity contribution in [3.8, 4) is 0 Å². The van der Waals surface area contributed by atoms with Crippen LogP contribution in [0.4, 0.5) is 0 Å². The van der Waals surface area contributed by atoms with E-state index in [1.54, 1.807) is 61.9 Å².